The number of hydrogen-bond donors (Lipinski definition) is 1. The largest absolute Gasteiger partial charge is 0.360 e. The Kier molecular flexibility index (Phi) is 3.03. The number of halogens is 1. The molecule has 1 fully saturated rings. The standard InChI is InChI=1S/C14H13FN2O2/c15-11-5-1-9(2-6-11)8-16-14(18)12-7-13(19-17-12)10-3-4-10/h1-2,5-7,10H,3-4,8H2,(H,16,18). The third-order valence-electron chi connectivity index (χ3n) is 3.11. The van der Waals surface area contributed by atoms with Crippen LogP contribution < -0.4 is 5.32 Å². The van der Waals surface area contributed by atoms with Crippen LogP contribution in [0.5, 0.6) is 0 Å². The van der Waals surface area contributed by atoms with Crippen molar-refractivity contribution in [3.8, 4) is 0 Å². The van der Waals surface area contributed by atoms with Crippen LogP contribution in [-0.4, -0.2) is 11.1 Å². The Bertz CT molecular complexity index is 588. The fraction of sp³-hybridized carbons (Fsp3) is 0.286. The molecule has 1 amide bonds. The molecule has 0 bridgehead atoms. The van der Waals surface area contributed by atoms with E-state index in [1.54, 1.807) is 18.2 Å². The molecule has 0 atom stereocenters. The number of carbonyl (C=O) groups is 1. The topological polar surface area (TPSA) is 55.1 Å². The molecule has 19 heavy (non-hydrogen) atoms. The molecule has 0 spiro atoms. The van der Waals surface area contributed by atoms with Crippen LogP contribution in [0.3, 0.4) is 0 Å². The van der Waals surface area contributed by atoms with Crippen molar-refractivity contribution in [1.82, 2.24) is 10.5 Å². The highest BCUT2D eigenvalue weighted by Gasteiger charge is 2.28. The lowest BCUT2D eigenvalue weighted by Gasteiger charge is -2.02. The second-order valence-corrected chi connectivity index (χ2v) is 4.70. The molecule has 1 aromatic heterocycles. The van der Waals surface area contributed by atoms with Gasteiger partial charge in [-0.1, -0.05) is 17.3 Å². The van der Waals surface area contributed by atoms with E-state index in [0.717, 1.165) is 24.2 Å². The number of nitrogens with one attached hydrogen (secondary N) is 1. The molecule has 0 saturated heterocycles. The van der Waals surface area contributed by atoms with E-state index in [4.69, 9.17) is 4.52 Å². The smallest absolute Gasteiger partial charge is 0.273 e. The van der Waals surface area contributed by atoms with Gasteiger partial charge in [0, 0.05) is 18.5 Å². The fourth-order valence-electron chi connectivity index (χ4n) is 1.83. The molecular formula is C14H13FN2O2. The first-order chi connectivity index (χ1) is 9.22. The quantitative estimate of drug-likeness (QED) is 0.919. The molecule has 5 heteroatoms. The lowest BCUT2D eigenvalue weighted by atomic mass is 10.2. The Hall–Kier alpha value is -2.17. The number of rotatable bonds is 4. The van der Waals surface area contributed by atoms with Gasteiger partial charge in [-0.25, -0.2) is 4.39 Å². The van der Waals surface area contributed by atoms with Crippen molar-refractivity contribution >= 4 is 5.91 Å². The Morgan fingerprint density at radius 1 is 1.37 bits per heavy atom. The maximum absolute atomic E-state index is 12.7. The summed E-state index contributed by atoms with van der Waals surface area (Å²) in [5.41, 5.74) is 1.13. The van der Waals surface area contributed by atoms with Crippen LogP contribution in [0.4, 0.5) is 4.39 Å². The number of aromatic nitrogens is 1. The van der Waals surface area contributed by atoms with E-state index in [2.05, 4.69) is 10.5 Å². The number of benzene rings is 1. The third kappa shape index (κ3) is 2.81. The summed E-state index contributed by atoms with van der Waals surface area (Å²) >= 11 is 0. The molecule has 1 N–H and O–H groups in total. The van der Waals surface area contributed by atoms with Gasteiger partial charge in [-0.05, 0) is 30.5 Å². The molecule has 0 aliphatic heterocycles. The van der Waals surface area contributed by atoms with Crippen molar-refractivity contribution in [3.05, 3.63) is 53.2 Å². The van der Waals surface area contributed by atoms with Crippen LogP contribution in [0.2, 0.25) is 0 Å². The second-order valence-electron chi connectivity index (χ2n) is 4.70. The van der Waals surface area contributed by atoms with Gasteiger partial charge in [0.25, 0.3) is 5.91 Å². The number of carbonyl (C=O) groups excluding carboxylic acids is 1. The molecule has 1 aliphatic rings. The molecule has 1 aliphatic carbocycles. The zero-order valence-corrected chi connectivity index (χ0v) is 10.2. The summed E-state index contributed by atoms with van der Waals surface area (Å²) in [5.74, 6) is 0.652. The van der Waals surface area contributed by atoms with Crippen LogP contribution in [-0.2, 0) is 6.54 Å². The number of amides is 1. The first-order valence-electron chi connectivity index (χ1n) is 6.21. The van der Waals surface area contributed by atoms with E-state index in [-0.39, 0.29) is 11.7 Å². The van der Waals surface area contributed by atoms with Gasteiger partial charge in [0.15, 0.2) is 5.69 Å². The van der Waals surface area contributed by atoms with Gasteiger partial charge < -0.3 is 9.84 Å². The summed E-state index contributed by atoms with van der Waals surface area (Å²) in [6.07, 6.45) is 2.21. The molecule has 0 radical (unpaired) electrons. The van der Waals surface area contributed by atoms with E-state index in [9.17, 15) is 9.18 Å². The van der Waals surface area contributed by atoms with Gasteiger partial charge in [-0.3, -0.25) is 4.79 Å². The summed E-state index contributed by atoms with van der Waals surface area (Å²) < 4.78 is 17.8. The van der Waals surface area contributed by atoms with Gasteiger partial charge >= 0.3 is 0 Å². The lowest BCUT2D eigenvalue weighted by molar-refractivity contribution is 0.0941. The van der Waals surface area contributed by atoms with Crippen molar-refractivity contribution in [1.29, 1.82) is 0 Å². The maximum Gasteiger partial charge on any atom is 0.273 e. The molecule has 98 valence electrons. The molecule has 4 nitrogen and oxygen atoms in total. The van der Waals surface area contributed by atoms with Crippen molar-refractivity contribution in [3.63, 3.8) is 0 Å². The van der Waals surface area contributed by atoms with Gasteiger partial charge in [0.05, 0.1) is 0 Å². The summed E-state index contributed by atoms with van der Waals surface area (Å²) in [7, 11) is 0. The zero-order chi connectivity index (χ0) is 13.2. The Morgan fingerprint density at radius 3 is 2.79 bits per heavy atom. The minimum Gasteiger partial charge on any atom is -0.360 e. The van der Waals surface area contributed by atoms with E-state index in [0.29, 0.717) is 18.2 Å². The van der Waals surface area contributed by atoms with Crippen molar-refractivity contribution < 1.29 is 13.7 Å². The Balaban J connectivity index is 1.59. The molecule has 3 rings (SSSR count). The first-order valence-corrected chi connectivity index (χ1v) is 6.21. The number of nitrogens with zero attached hydrogens (tertiary/aromatic N) is 1. The monoisotopic (exact) mass is 260 g/mol. The molecule has 0 unspecified atom stereocenters. The minimum absolute atomic E-state index is 0.278. The maximum atomic E-state index is 12.7. The van der Waals surface area contributed by atoms with Crippen molar-refractivity contribution in [2.24, 2.45) is 0 Å². The normalized spacial score (nSPS) is 14.4. The third-order valence-corrected chi connectivity index (χ3v) is 3.11. The van der Waals surface area contributed by atoms with Crippen LogP contribution in [0, 0.1) is 5.82 Å². The van der Waals surface area contributed by atoms with E-state index in [1.807, 2.05) is 0 Å². The highest BCUT2D eigenvalue weighted by Crippen LogP contribution is 2.40. The summed E-state index contributed by atoms with van der Waals surface area (Å²) in [6.45, 7) is 0.338. The summed E-state index contributed by atoms with van der Waals surface area (Å²) in [4.78, 5) is 11.8. The summed E-state index contributed by atoms with van der Waals surface area (Å²) in [5, 5.41) is 6.48. The van der Waals surface area contributed by atoms with E-state index < -0.39 is 0 Å². The summed E-state index contributed by atoms with van der Waals surface area (Å²) in [6, 6.07) is 7.69. The van der Waals surface area contributed by atoms with E-state index in [1.165, 1.54) is 12.1 Å². The van der Waals surface area contributed by atoms with Crippen molar-refractivity contribution in [2.45, 2.75) is 25.3 Å². The predicted octanol–water partition coefficient (Wildman–Crippen LogP) is 2.62. The molecule has 1 heterocycles. The van der Waals surface area contributed by atoms with Gasteiger partial charge in [0.2, 0.25) is 0 Å². The zero-order valence-electron chi connectivity index (χ0n) is 10.2. The Labute approximate surface area is 109 Å². The van der Waals surface area contributed by atoms with E-state index >= 15 is 0 Å². The first kappa shape index (κ1) is 11.9. The molecule has 1 aromatic carbocycles. The average molecular weight is 260 g/mol. The second kappa shape index (κ2) is 4.84. The Morgan fingerprint density at radius 2 is 2.11 bits per heavy atom. The fourth-order valence-corrected chi connectivity index (χ4v) is 1.83. The van der Waals surface area contributed by atoms with Gasteiger partial charge in [-0.2, -0.15) is 0 Å². The van der Waals surface area contributed by atoms with Crippen LogP contribution in [0.15, 0.2) is 34.9 Å². The van der Waals surface area contributed by atoms with Gasteiger partial charge in [0.1, 0.15) is 11.6 Å². The number of hydrogen-bond acceptors (Lipinski definition) is 3. The molecule has 1 saturated carbocycles. The highest BCUT2D eigenvalue weighted by molar-refractivity contribution is 5.92. The lowest BCUT2D eigenvalue weighted by Crippen LogP contribution is -2.23. The van der Waals surface area contributed by atoms with Crippen LogP contribution in [0.1, 0.15) is 40.6 Å². The van der Waals surface area contributed by atoms with Crippen molar-refractivity contribution in [2.75, 3.05) is 0 Å². The predicted molar refractivity (Wildman–Crippen MR) is 66.0 cm³/mol. The highest BCUT2D eigenvalue weighted by atomic mass is 19.1. The average Bonchev–Trinajstić information content (AvgIpc) is 3.15. The van der Waals surface area contributed by atoms with Crippen LogP contribution in [0.25, 0.3) is 0 Å². The molecular weight excluding hydrogens is 247 g/mol. The molecule has 2 aromatic rings. The minimum atomic E-state index is -0.291. The van der Waals surface area contributed by atoms with Gasteiger partial charge in [-0.15, -0.1) is 0 Å². The van der Waals surface area contributed by atoms with Crippen LogP contribution >= 0.6 is 0 Å². The SMILES string of the molecule is O=C(NCc1ccc(F)cc1)c1cc(C2CC2)on1.